The van der Waals surface area contributed by atoms with E-state index in [0.717, 1.165) is 11.1 Å². The Bertz CT molecular complexity index is 178. The van der Waals surface area contributed by atoms with E-state index in [-0.39, 0.29) is 0 Å². The molecule has 1 aromatic heterocycles. The molecule has 9 heavy (non-hydrogen) atoms. The van der Waals surface area contributed by atoms with Gasteiger partial charge in [-0.2, -0.15) is 0 Å². The van der Waals surface area contributed by atoms with Crippen LogP contribution in [0.2, 0.25) is 0 Å². The van der Waals surface area contributed by atoms with Crippen molar-refractivity contribution < 1.29 is 4.79 Å². The maximum Gasteiger partial charge on any atom is 0.231 e. The smallest absolute Gasteiger partial charge is 0.222 e. The SMILES string of the molecule is Cc1nncs1.N=C=O. The third kappa shape index (κ3) is 4.80. The second kappa shape index (κ2) is 5.08. The first kappa shape index (κ1) is 7.94. The highest BCUT2D eigenvalue weighted by molar-refractivity contribution is 7.09. The van der Waals surface area contributed by atoms with Crippen LogP contribution in [0.3, 0.4) is 0 Å². The average molecular weight is 143 g/mol. The van der Waals surface area contributed by atoms with Gasteiger partial charge in [0.05, 0.1) is 0 Å². The Morgan fingerprint density at radius 1 is 1.89 bits per heavy atom. The van der Waals surface area contributed by atoms with Gasteiger partial charge in [-0.25, -0.2) is 10.2 Å². The van der Waals surface area contributed by atoms with Crippen molar-refractivity contribution in [2.45, 2.75) is 6.92 Å². The zero-order valence-corrected chi connectivity index (χ0v) is 5.60. The van der Waals surface area contributed by atoms with Gasteiger partial charge in [-0.15, -0.1) is 21.5 Å². The first-order chi connectivity index (χ1) is 4.31. The Kier molecular flexibility index (Phi) is 4.49. The van der Waals surface area contributed by atoms with Crippen molar-refractivity contribution in [2.24, 2.45) is 0 Å². The van der Waals surface area contributed by atoms with Gasteiger partial charge in [0.1, 0.15) is 10.5 Å². The van der Waals surface area contributed by atoms with Crippen LogP contribution in [0.4, 0.5) is 0 Å². The lowest BCUT2D eigenvalue weighted by atomic mass is 10.9. The van der Waals surface area contributed by atoms with Gasteiger partial charge in [-0.3, -0.25) is 0 Å². The van der Waals surface area contributed by atoms with E-state index in [4.69, 9.17) is 10.2 Å². The molecule has 0 atom stereocenters. The molecule has 1 N–H and O–H groups in total. The summed E-state index contributed by atoms with van der Waals surface area (Å²) in [5, 5.41) is 13.7. The van der Waals surface area contributed by atoms with Crippen LogP contribution in [0.25, 0.3) is 0 Å². The zero-order chi connectivity index (χ0) is 7.11. The quantitative estimate of drug-likeness (QED) is 0.430. The Labute approximate surface area is 56.1 Å². The topological polar surface area (TPSA) is 66.7 Å². The summed E-state index contributed by atoms with van der Waals surface area (Å²) in [6.45, 7) is 1.93. The molecule has 4 nitrogen and oxygen atoms in total. The first-order valence-corrected chi connectivity index (χ1v) is 2.96. The van der Waals surface area contributed by atoms with E-state index in [1.165, 1.54) is 0 Å². The van der Waals surface area contributed by atoms with Crippen LogP contribution in [0.15, 0.2) is 5.51 Å². The van der Waals surface area contributed by atoms with Crippen LogP contribution in [0, 0.1) is 12.3 Å². The van der Waals surface area contributed by atoms with E-state index in [0.29, 0.717) is 0 Å². The van der Waals surface area contributed by atoms with Crippen molar-refractivity contribution in [3.8, 4) is 0 Å². The normalized spacial score (nSPS) is 6.78. The first-order valence-electron chi connectivity index (χ1n) is 2.08. The predicted octanol–water partition coefficient (Wildman–Crippen LogP) is 0.747. The number of hydrogen-bond acceptors (Lipinski definition) is 5. The molecule has 0 bridgehead atoms. The molecule has 0 aliphatic carbocycles. The summed E-state index contributed by atoms with van der Waals surface area (Å²) in [6, 6.07) is 0. The van der Waals surface area contributed by atoms with Crippen LogP contribution in [-0.2, 0) is 4.79 Å². The number of nitrogens with zero attached hydrogens (tertiary/aromatic N) is 2. The summed E-state index contributed by atoms with van der Waals surface area (Å²) in [7, 11) is 0. The molecule has 1 aromatic rings. The summed E-state index contributed by atoms with van der Waals surface area (Å²) in [4.78, 5) is 8.35. The number of isocyanates is 1. The van der Waals surface area contributed by atoms with E-state index in [1.807, 2.05) is 6.92 Å². The number of hydrogen-bond donors (Lipinski definition) is 1. The maximum absolute atomic E-state index is 8.35. The van der Waals surface area contributed by atoms with Gasteiger partial charge >= 0.3 is 0 Å². The molecule has 0 radical (unpaired) electrons. The van der Waals surface area contributed by atoms with Crippen molar-refractivity contribution in [3.63, 3.8) is 0 Å². The average Bonchev–Trinajstić information content (AvgIpc) is 2.20. The molecule has 5 heteroatoms. The molecule has 0 aliphatic heterocycles. The number of rotatable bonds is 0. The number of nitrogens with one attached hydrogen (secondary N) is 1. The Morgan fingerprint density at radius 2 is 2.44 bits per heavy atom. The minimum Gasteiger partial charge on any atom is -0.222 e. The lowest BCUT2D eigenvalue weighted by Gasteiger charge is -1.61. The van der Waals surface area contributed by atoms with Gasteiger partial charge in [0, 0.05) is 0 Å². The van der Waals surface area contributed by atoms with E-state index in [2.05, 4.69) is 10.2 Å². The Morgan fingerprint density at radius 3 is 2.56 bits per heavy atom. The maximum atomic E-state index is 8.35. The highest BCUT2D eigenvalue weighted by Crippen LogP contribution is 1.94. The molecule has 0 saturated heterocycles. The molecule has 0 saturated carbocycles. The van der Waals surface area contributed by atoms with Crippen molar-refractivity contribution >= 4 is 17.4 Å². The van der Waals surface area contributed by atoms with Gasteiger partial charge < -0.3 is 0 Å². The predicted molar refractivity (Wildman–Crippen MR) is 33.1 cm³/mol. The fourth-order valence-electron chi connectivity index (χ4n) is 0.228. The van der Waals surface area contributed by atoms with E-state index in [9.17, 15) is 0 Å². The second-order valence-corrected chi connectivity index (χ2v) is 2.10. The van der Waals surface area contributed by atoms with Gasteiger partial charge in [-0.1, -0.05) is 0 Å². The summed E-state index contributed by atoms with van der Waals surface area (Å²) < 4.78 is 0. The standard InChI is InChI=1S/C3H4N2S.CHNO/c1-3-5-4-2-6-3;2-1-3/h2H,1H3;2H. The fourth-order valence-corrected chi connectivity index (χ4v) is 0.569. The lowest BCUT2D eigenvalue weighted by molar-refractivity contribution is 0.563. The minimum absolute atomic E-state index is 0.750. The Balaban J connectivity index is 0.000000187. The molecule has 0 fully saturated rings. The minimum atomic E-state index is 0.750. The molecule has 0 amide bonds. The summed E-state index contributed by atoms with van der Waals surface area (Å²) >= 11 is 1.56. The molecule has 0 aliphatic rings. The van der Waals surface area contributed by atoms with Crippen molar-refractivity contribution in [1.29, 1.82) is 5.41 Å². The van der Waals surface area contributed by atoms with Crippen LogP contribution in [-0.4, -0.2) is 16.3 Å². The van der Waals surface area contributed by atoms with Crippen molar-refractivity contribution in [3.05, 3.63) is 10.5 Å². The number of aryl methyl sites for hydroxylation is 1. The van der Waals surface area contributed by atoms with Crippen LogP contribution >= 0.6 is 11.3 Å². The highest BCUT2D eigenvalue weighted by atomic mass is 32.1. The number of aromatic nitrogens is 2. The lowest BCUT2D eigenvalue weighted by Crippen LogP contribution is -1.64. The van der Waals surface area contributed by atoms with E-state index in [1.54, 1.807) is 16.8 Å². The van der Waals surface area contributed by atoms with Crippen LogP contribution < -0.4 is 0 Å². The fraction of sp³-hybridized carbons (Fsp3) is 0.250. The molecule has 1 rings (SSSR count). The molecule has 0 unspecified atom stereocenters. The largest absolute Gasteiger partial charge is 0.231 e. The molecule has 48 valence electrons. The molecule has 1 heterocycles. The van der Waals surface area contributed by atoms with Crippen molar-refractivity contribution in [2.75, 3.05) is 0 Å². The molecular formula is C4H5N3OS. The van der Waals surface area contributed by atoms with Crippen LogP contribution in [0.1, 0.15) is 5.01 Å². The summed E-state index contributed by atoms with van der Waals surface area (Å²) in [5.41, 5.74) is 1.72. The van der Waals surface area contributed by atoms with Crippen molar-refractivity contribution in [1.82, 2.24) is 10.2 Å². The Hall–Kier alpha value is -1.06. The van der Waals surface area contributed by atoms with E-state index >= 15 is 0 Å². The highest BCUT2D eigenvalue weighted by Gasteiger charge is 1.78. The molecule has 0 spiro atoms. The second-order valence-electron chi connectivity index (χ2n) is 1.06. The van der Waals surface area contributed by atoms with Gasteiger partial charge in [-0.05, 0) is 6.92 Å². The van der Waals surface area contributed by atoms with E-state index < -0.39 is 0 Å². The summed E-state index contributed by atoms with van der Waals surface area (Å²) in [6.07, 6.45) is 0.750. The monoisotopic (exact) mass is 143 g/mol. The number of carbonyl (C=O) groups excluding carboxylic acids is 1. The van der Waals surface area contributed by atoms with Gasteiger partial charge in [0.25, 0.3) is 0 Å². The van der Waals surface area contributed by atoms with Crippen LogP contribution in [0.5, 0.6) is 0 Å². The third-order valence-electron chi connectivity index (χ3n) is 0.469. The molecular weight excluding hydrogens is 138 g/mol. The summed E-state index contributed by atoms with van der Waals surface area (Å²) in [5.74, 6) is 0. The van der Waals surface area contributed by atoms with Gasteiger partial charge in [0.2, 0.25) is 6.08 Å². The van der Waals surface area contributed by atoms with Gasteiger partial charge in [0.15, 0.2) is 0 Å². The molecule has 0 aromatic carbocycles. The third-order valence-corrected chi connectivity index (χ3v) is 1.09. The zero-order valence-electron chi connectivity index (χ0n) is 4.79.